The van der Waals surface area contributed by atoms with Crippen LogP contribution in [0.1, 0.15) is 51.9 Å². The first-order chi connectivity index (χ1) is 7.85. The number of allylic oxidation sites excluding steroid dienone is 4. The van der Waals surface area contributed by atoms with Crippen molar-refractivity contribution in [2.24, 2.45) is 0 Å². The van der Waals surface area contributed by atoms with Gasteiger partial charge in [0.1, 0.15) is 0 Å². The molecule has 0 rings (SSSR count). The zero-order chi connectivity index (χ0) is 12.1. The van der Waals surface area contributed by atoms with Crippen LogP contribution in [0.25, 0.3) is 0 Å². The molecule has 0 aromatic rings. The molecule has 0 fully saturated rings. The molecular formula is C15H26O. The summed E-state index contributed by atoms with van der Waals surface area (Å²) in [6.45, 7) is 6.06. The summed E-state index contributed by atoms with van der Waals surface area (Å²) < 4.78 is 0. The highest BCUT2D eigenvalue weighted by Gasteiger charge is 1.93. The maximum absolute atomic E-state index is 8.71. The van der Waals surface area contributed by atoms with Crippen LogP contribution in [-0.2, 0) is 0 Å². The predicted octanol–water partition coefficient (Wildman–Crippen LogP) is 4.40. The van der Waals surface area contributed by atoms with E-state index in [0.717, 1.165) is 6.42 Å². The van der Waals surface area contributed by atoms with Crippen molar-refractivity contribution < 1.29 is 5.11 Å². The summed E-state index contributed by atoms with van der Waals surface area (Å²) in [6.07, 6.45) is 16.6. The SMILES string of the molecule is C=C/C=C(\C=C/CO)CCCCCCCC. The van der Waals surface area contributed by atoms with Gasteiger partial charge in [-0.3, -0.25) is 0 Å². The number of aliphatic hydroxyl groups excluding tert-OH is 1. The van der Waals surface area contributed by atoms with Gasteiger partial charge in [0.2, 0.25) is 0 Å². The van der Waals surface area contributed by atoms with Crippen LogP contribution in [0.3, 0.4) is 0 Å². The molecule has 0 radical (unpaired) electrons. The highest BCUT2D eigenvalue weighted by molar-refractivity contribution is 5.22. The first-order valence-electron chi connectivity index (χ1n) is 6.44. The van der Waals surface area contributed by atoms with E-state index in [1.165, 1.54) is 44.1 Å². The molecular weight excluding hydrogens is 196 g/mol. The molecule has 0 aromatic heterocycles. The van der Waals surface area contributed by atoms with E-state index in [1.54, 1.807) is 6.08 Å². The van der Waals surface area contributed by atoms with Crippen LogP contribution in [0.5, 0.6) is 0 Å². The summed E-state index contributed by atoms with van der Waals surface area (Å²) in [7, 11) is 0. The van der Waals surface area contributed by atoms with E-state index in [2.05, 4.69) is 13.5 Å². The Balaban J connectivity index is 3.65. The largest absolute Gasteiger partial charge is 0.392 e. The number of unbranched alkanes of at least 4 members (excludes halogenated alkanes) is 5. The van der Waals surface area contributed by atoms with Gasteiger partial charge < -0.3 is 5.11 Å². The zero-order valence-corrected chi connectivity index (χ0v) is 10.6. The van der Waals surface area contributed by atoms with Gasteiger partial charge in [-0.25, -0.2) is 0 Å². The maximum atomic E-state index is 8.71. The van der Waals surface area contributed by atoms with Gasteiger partial charge in [0.15, 0.2) is 0 Å². The first-order valence-corrected chi connectivity index (χ1v) is 6.44. The summed E-state index contributed by atoms with van der Waals surface area (Å²) in [5, 5.41) is 8.71. The third-order valence-electron chi connectivity index (χ3n) is 2.59. The molecule has 0 amide bonds. The monoisotopic (exact) mass is 222 g/mol. The molecule has 0 saturated heterocycles. The molecule has 1 heteroatoms. The minimum Gasteiger partial charge on any atom is -0.392 e. The Kier molecular flexibility index (Phi) is 11.6. The van der Waals surface area contributed by atoms with Crippen molar-refractivity contribution in [1.82, 2.24) is 0 Å². The summed E-state index contributed by atoms with van der Waals surface area (Å²) >= 11 is 0. The van der Waals surface area contributed by atoms with Gasteiger partial charge in [-0.2, -0.15) is 0 Å². The Morgan fingerprint density at radius 1 is 1.12 bits per heavy atom. The molecule has 16 heavy (non-hydrogen) atoms. The standard InChI is InChI=1S/C15H26O/c1-3-5-6-7-8-9-12-15(11-4-2)13-10-14-16/h4,10-11,13,16H,2-3,5-9,12,14H2,1H3/b13-10-,15-11-. The highest BCUT2D eigenvalue weighted by atomic mass is 16.2. The second-order valence-corrected chi connectivity index (χ2v) is 4.08. The summed E-state index contributed by atoms with van der Waals surface area (Å²) in [5.74, 6) is 0. The van der Waals surface area contributed by atoms with Crippen LogP contribution in [-0.4, -0.2) is 11.7 Å². The topological polar surface area (TPSA) is 20.2 Å². The summed E-state index contributed by atoms with van der Waals surface area (Å²) in [6, 6.07) is 0. The van der Waals surface area contributed by atoms with Crippen molar-refractivity contribution in [3.05, 3.63) is 36.5 Å². The van der Waals surface area contributed by atoms with Gasteiger partial charge >= 0.3 is 0 Å². The summed E-state index contributed by atoms with van der Waals surface area (Å²) in [4.78, 5) is 0. The Morgan fingerprint density at radius 3 is 2.44 bits per heavy atom. The van der Waals surface area contributed by atoms with Crippen molar-refractivity contribution in [3.63, 3.8) is 0 Å². The van der Waals surface area contributed by atoms with E-state index in [9.17, 15) is 0 Å². The van der Waals surface area contributed by atoms with E-state index in [0.29, 0.717) is 0 Å². The van der Waals surface area contributed by atoms with Gasteiger partial charge in [-0.05, 0) is 18.4 Å². The molecule has 0 aliphatic heterocycles. The quantitative estimate of drug-likeness (QED) is 0.429. The van der Waals surface area contributed by atoms with E-state index < -0.39 is 0 Å². The maximum Gasteiger partial charge on any atom is 0.0615 e. The summed E-state index contributed by atoms with van der Waals surface area (Å²) in [5.41, 5.74) is 1.26. The van der Waals surface area contributed by atoms with Crippen molar-refractivity contribution in [1.29, 1.82) is 0 Å². The minimum absolute atomic E-state index is 0.116. The van der Waals surface area contributed by atoms with Crippen LogP contribution in [0.4, 0.5) is 0 Å². The third-order valence-corrected chi connectivity index (χ3v) is 2.59. The van der Waals surface area contributed by atoms with Crippen LogP contribution >= 0.6 is 0 Å². The second kappa shape index (κ2) is 12.3. The van der Waals surface area contributed by atoms with Crippen LogP contribution in [0.15, 0.2) is 36.5 Å². The van der Waals surface area contributed by atoms with Crippen molar-refractivity contribution in [3.8, 4) is 0 Å². The number of rotatable bonds is 10. The normalized spacial score (nSPS) is 12.2. The predicted molar refractivity (Wildman–Crippen MR) is 72.5 cm³/mol. The van der Waals surface area contributed by atoms with Crippen LogP contribution in [0, 0.1) is 0 Å². The van der Waals surface area contributed by atoms with Gasteiger partial charge in [0.05, 0.1) is 6.61 Å². The fourth-order valence-corrected chi connectivity index (χ4v) is 1.69. The molecule has 1 nitrogen and oxygen atoms in total. The Hall–Kier alpha value is -0.820. The van der Waals surface area contributed by atoms with E-state index in [-0.39, 0.29) is 6.61 Å². The first kappa shape index (κ1) is 15.2. The lowest BCUT2D eigenvalue weighted by Gasteiger charge is -2.02. The lowest BCUT2D eigenvalue weighted by molar-refractivity contribution is 0.342. The van der Waals surface area contributed by atoms with Crippen molar-refractivity contribution >= 4 is 0 Å². The molecule has 0 aliphatic rings. The molecule has 0 aliphatic carbocycles. The molecule has 0 atom stereocenters. The second-order valence-electron chi connectivity index (χ2n) is 4.08. The minimum atomic E-state index is 0.116. The van der Waals surface area contributed by atoms with Crippen molar-refractivity contribution in [2.45, 2.75) is 51.9 Å². The molecule has 92 valence electrons. The van der Waals surface area contributed by atoms with Crippen molar-refractivity contribution in [2.75, 3.05) is 6.61 Å². The third kappa shape index (κ3) is 9.72. The van der Waals surface area contributed by atoms with Gasteiger partial charge in [0.25, 0.3) is 0 Å². The van der Waals surface area contributed by atoms with Gasteiger partial charge in [-0.1, -0.05) is 69.9 Å². The molecule has 0 spiro atoms. The molecule has 0 bridgehead atoms. The average Bonchev–Trinajstić information content (AvgIpc) is 2.30. The smallest absolute Gasteiger partial charge is 0.0615 e. The lowest BCUT2D eigenvalue weighted by Crippen LogP contribution is -1.83. The molecule has 0 unspecified atom stereocenters. The Morgan fingerprint density at radius 2 is 1.81 bits per heavy atom. The lowest BCUT2D eigenvalue weighted by atomic mass is 10.0. The molecule has 0 saturated carbocycles. The van der Waals surface area contributed by atoms with Gasteiger partial charge in [0, 0.05) is 0 Å². The van der Waals surface area contributed by atoms with E-state index in [1.807, 2.05) is 18.2 Å². The Labute approximate surface area is 101 Å². The molecule has 0 aromatic carbocycles. The molecule has 0 heterocycles. The van der Waals surface area contributed by atoms with Gasteiger partial charge in [-0.15, -0.1) is 0 Å². The van der Waals surface area contributed by atoms with Crippen LogP contribution in [0.2, 0.25) is 0 Å². The average molecular weight is 222 g/mol. The fraction of sp³-hybridized carbons (Fsp3) is 0.600. The van der Waals surface area contributed by atoms with E-state index >= 15 is 0 Å². The van der Waals surface area contributed by atoms with Crippen LogP contribution < -0.4 is 0 Å². The molecule has 1 N–H and O–H groups in total. The number of hydrogen-bond acceptors (Lipinski definition) is 1. The Bertz CT molecular complexity index is 213. The fourth-order valence-electron chi connectivity index (χ4n) is 1.69. The highest BCUT2D eigenvalue weighted by Crippen LogP contribution is 2.12. The van der Waals surface area contributed by atoms with E-state index in [4.69, 9.17) is 5.11 Å². The number of hydrogen-bond donors (Lipinski definition) is 1. The number of aliphatic hydroxyl groups is 1. The zero-order valence-electron chi connectivity index (χ0n) is 10.6.